The molecule has 35 heavy (non-hydrogen) atoms. The lowest BCUT2D eigenvalue weighted by atomic mass is 10.1. The van der Waals surface area contributed by atoms with Crippen molar-refractivity contribution >= 4 is 47.2 Å². The second kappa shape index (κ2) is 10.2. The number of hydrogen-bond donors (Lipinski definition) is 1. The normalized spacial score (nSPS) is 14.6. The van der Waals surface area contributed by atoms with Gasteiger partial charge in [0, 0.05) is 10.6 Å². The van der Waals surface area contributed by atoms with E-state index in [4.69, 9.17) is 16.3 Å². The number of esters is 1. The third-order valence-corrected chi connectivity index (χ3v) is 5.56. The summed E-state index contributed by atoms with van der Waals surface area (Å²) in [4.78, 5) is 50.3. The topological polar surface area (TPSA) is 102 Å². The van der Waals surface area contributed by atoms with E-state index in [2.05, 4.69) is 10.1 Å². The second-order valence-corrected chi connectivity index (χ2v) is 7.85. The van der Waals surface area contributed by atoms with Gasteiger partial charge < -0.3 is 9.47 Å². The van der Waals surface area contributed by atoms with Gasteiger partial charge in [-0.25, -0.2) is 14.5 Å². The maximum atomic E-state index is 13.1. The largest absolute Gasteiger partial charge is 0.489 e. The average Bonchev–Trinajstić information content (AvgIpc) is 2.86. The number of nitrogens with one attached hydrogen (secondary N) is 1. The predicted octanol–water partition coefficient (Wildman–Crippen LogP) is 4.37. The molecular weight excluding hydrogens is 472 g/mol. The van der Waals surface area contributed by atoms with E-state index < -0.39 is 23.8 Å². The lowest BCUT2D eigenvalue weighted by molar-refractivity contribution is -0.122. The quantitative estimate of drug-likeness (QED) is 0.313. The molecule has 0 radical (unpaired) electrons. The minimum atomic E-state index is -0.858. The van der Waals surface area contributed by atoms with Crippen LogP contribution in [0.15, 0.2) is 78.4 Å². The summed E-state index contributed by atoms with van der Waals surface area (Å²) in [5.41, 5.74) is 1.67. The Bertz CT molecular complexity index is 1330. The molecule has 1 aliphatic heterocycles. The number of hydrogen-bond acceptors (Lipinski definition) is 6. The van der Waals surface area contributed by atoms with Crippen LogP contribution in [0.3, 0.4) is 0 Å². The standard InChI is InChI=1S/C26H19ClN2O6/c1-34-25(32)17-8-6-16(7-9-17)14-21-23(30)28-26(33)29(24(21)31)19-10-12-20(13-11-19)35-15-18-4-2-3-5-22(18)27/h2-14H,15H2,1H3,(H,28,30,33)/b21-14+. The third-order valence-electron chi connectivity index (χ3n) is 5.19. The molecule has 1 saturated heterocycles. The number of imide groups is 2. The summed E-state index contributed by atoms with van der Waals surface area (Å²) in [6.07, 6.45) is 1.35. The number of rotatable bonds is 6. The molecule has 176 valence electrons. The van der Waals surface area contributed by atoms with Crippen LogP contribution in [0.4, 0.5) is 10.5 Å². The highest BCUT2D eigenvalue weighted by molar-refractivity contribution is 6.39. The number of nitrogens with zero attached hydrogens (tertiary/aromatic N) is 1. The Balaban J connectivity index is 1.52. The van der Waals surface area contributed by atoms with Crippen LogP contribution in [0.1, 0.15) is 21.5 Å². The SMILES string of the molecule is COC(=O)c1ccc(/C=C2\C(=O)NC(=O)N(c3ccc(OCc4ccccc4Cl)cc3)C2=O)cc1. The second-order valence-electron chi connectivity index (χ2n) is 7.45. The first-order valence-corrected chi connectivity index (χ1v) is 10.8. The highest BCUT2D eigenvalue weighted by atomic mass is 35.5. The van der Waals surface area contributed by atoms with Gasteiger partial charge in [0.15, 0.2) is 0 Å². The van der Waals surface area contributed by atoms with Crippen LogP contribution in [0.2, 0.25) is 5.02 Å². The lowest BCUT2D eigenvalue weighted by Gasteiger charge is -2.26. The van der Waals surface area contributed by atoms with E-state index in [1.165, 1.54) is 37.5 Å². The van der Waals surface area contributed by atoms with Gasteiger partial charge in [0.2, 0.25) is 0 Å². The number of methoxy groups -OCH3 is 1. The minimum absolute atomic E-state index is 0.227. The molecule has 0 unspecified atom stereocenters. The Hall–Kier alpha value is -4.43. The number of barbiturate groups is 1. The molecule has 1 aliphatic rings. The van der Waals surface area contributed by atoms with E-state index in [-0.39, 0.29) is 17.9 Å². The van der Waals surface area contributed by atoms with Gasteiger partial charge in [-0.3, -0.25) is 14.9 Å². The summed E-state index contributed by atoms with van der Waals surface area (Å²) in [6.45, 7) is 0.248. The molecule has 1 fully saturated rings. The molecule has 1 heterocycles. The number of halogens is 1. The molecule has 3 aromatic carbocycles. The average molecular weight is 491 g/mol. The molecular formula is C26H19ClN2O6. The van der Waals surface area contributed by atoms with Gasteiger partial charge in [0.1, 0.15) is 17.9 Å². The van der Waals surface area contributed by atoms with Crippen LogP contribution in [0, 0.1) is 0 Å². The number of carbonyl (C=O) groups is 4. The van der Waals surface area contributed by atoms with E-state index in [0.717, 1.165) is 10.5 Å². The van der Waals surface area contributed by atoms with Gasteiger partial charge in [0.25, 0.3) is 11.8 Å². The zero-order chi connectivity index (χ0) is 24.9. The van der Waals surface area contributed by atoms with Gasteiger partial charge in [-0.1, -0.05) is 41.9 Å². The molecule has 4 rings (SSSR count). The summed E-state index contributed by atoms with van der Waals surface area (Å²) in [5, 5.41) is 2.76. The number of urea groups is 1. The predicted molar refractivity (Wildman–Crippen MR) is 129 cm³/mol. The van der Waals surface area contributed by atoms with Crippen LogP contribution >= 0.6 is 11.6 Å². The fourth-order valence-corrected chi connectivity index (χ4v) is 3.55. The first-order valence-electron chi connectivity index (χ1n) is 10.4. The number of amides is 4. The van der Waals surface area contributed by atoms with E-state index in [0.29, 0.717) is 21.9 Å². The summed E-state index contributed by atoms with van der Waals surface area (Å²) < 4.78 is 10.4. The Labute approximate surface area is 205 Å². The Morgan fingerprint density at radius 1 is 0.971 bits per heavy atom. The van der Waals surface area contributed by atoms with E-state index in [1.807, 2.05) is 18.2 Å². The summed E-state index contributed by atoms with van der Waals surface area (Å²) >= 11 is 6.14. The van der Waals surface area contributed by atoms with Crippen LogP contribution < -0.4 is 15.0 Å². The first kappa shape index (κ1) is 23.7. The van der Waals surface area contributed by atoms with Crippen molar-refractivity contribution in [1.82, 2.24) is 5.32 Å². The fraction of sp³-hybridized carbons (Fsp3) is 0.0769. The molecule has 0 saturated carbocycles. The maximum Gasteiger partial charge on any atom is 0.337 e. The van der Waals surface area contributed by atoms with Crippen molar-refractivity contribution in [1.29, 1.82) is 0 Å². The molecule has 3 aromatic rings. The van der Waals surface area contributed by atoms with E-state index in [1.54, 1.807) is 30.3 Å². The molecule has 0 atom stereocenters. The van der Waals surface area contributed by atoms with Crippen molar-refractivity contribution < 1.29 is 28.7 Å². The van der Waals surface area contributed by atoms with E-state index in [9.17, 15) is 19.2 Å². The molecule has 0 spiro atoms. The number of ether oxygens (including phenoxy) is 2. The minimum Gasteiger partial charge on any atom is -0.489 e. The van der Waals surface area contributed by atoms with Crippen molar-refractivity contribution in [2.45, 2.75) is 6.61 Å². The van der Waals surface area contributed by atoms with Gasteiger partial charge in [-0.15, -0.1) is 0 Å². The first-order chi connectivity index (χ1) is 16.9. The Morgan fingerprint density at radius 2 is 1.66 bits per heavy atom. The monoisotopic (exact) mass is 490 g/mol. The lowest BCUT2D eigenvalue weighted by Crippen LogP contribution is -2.54. The van der Waals surface area contributed by atoms with Crippen molar-refractivity contribution in [3.05, 3.63) is 100 Å². The van der Waals surface area contributed by atoms with Crippen LogP contribution in [-0.2, 0) is 20.9 Å². The Kier molecular flexibility index (Phi) is 6.93. The number of benzene rings is 3. The highest BCUT2D eigenvalue weighted by Crippen LogP contribution is 2.25. The summed E-state index contributed by atoms with van der Waals surface area (Å²) in [5.74, 6) is -1.59. The van der Waals surface area contributed by atoms with Gasteiger partial charge in [0.05, 0.1) is 18.4 Å². The van der Waals surface area contributed by atoms with Crippen LogP contribution in [-0.4, -0.2) is 30.9 Å². The fourth-order valence-electron chi connectivity index (χ4n) is 3.36. The van der Waals surface area contributed by atoms with Crippen molar-refractivity contribution in [2.24, 2.45) is 0 Å². The van der Waals surface area contributed by atoms with Crippen molar-refractivity contribution in [3.8, 4) is 5.75 Å². The van der Waals surface area contributed by atoms with Crippen LogP contribution in [0.25, 0.3) is 6.08 Å². The summed E-state index contributed by atoms with van der Waals surface area (Å²) in [7, 11) is 1.27. The Morgan fingerprint density at radius 3 is 2.31 bits per heavy atom. The van der Waals surface area contributed by atoms with Crippen molar-refractivity contribution in [2.75, 3.05) is 12.0 Å². The number of anilines is 1. The number of carbonyl (C=O) groups excluding carboxylic acids is 4. The van der Waals surface area contributed by atoms with E-state index >= 15 is 0 Å². The zero-order valence-electron chi connectivity index (χ0n) is 18.5. The van der Waals surface area contributed by atoms with Gasteiger partial charge >= 0.3 is 12.0 Å². The van der Waals surface area contributed by atoms with Gasteiger partial charge in [-0.05, 0) is 54.1 Å². The zero-order valence-corrected chi connectivity index (χ0v) is 19.2. The smallest absolute Gasteiger partial charge is 0.337 e. The molecule has 0 aliphatic carbocycles. The summed E-state index contributed by atoms with van der Waals surface area (Å²) in [6, 6.07) is 18.9. The molecule has 9 heteroatoms. The third kappa shape index (κ3) is 5.23. The van der Waals surface area contributed by atoms with Crippen molar-refractivity contribution in [3.63, 3.8) is 0 Å². The molecule has 8 nitrogen and oxygen atoms in total. The molecule has 0 aromatic heterocycles. The molecule has 0 bridgehead atoms. The molecule has 1 N–H and O–H groups in total. The molecule has 4 amide bonds. The maximum absolute atomic E-state index is 13.1. The van der Waals surface area contributed by atoms with Gasteiger partial charge in [-0.2, -0.15) is 0 Å². The highest BCUT2D eigenvalue weighted by Gasteiger charge is 2.36. The van der Waals surface area contributed by atoms with Crippen LogP contribution in [0.5, 0.6) is 5.75 Å².